The molecule has 0 aliphatic carbocycles. The van der Waals surface area contributed by atoms with Crippen LogP contribution in [0.25, 0.3) is 5.65 Å². The van der Waals surface area contributed by atoms with Crippen LogP contribution in [0.3, 0.4) is 0 Å². The normalized spacial score (nSPS) is 19.4. The van der Waals surface area contributed by atoms with E-state index in [1.54, 1.807) is 16.7 Å². The number of rotatable bonds is 5. The van der Waals surface area contributed by atoms with E-state index in [0.29, 0.717) is 18.2 Å². The summed E-state index contributed by atoms with van der Waals surface area (Å²) in [6.45, 7) is 6.14. The van der Waals surface area contributed by atoms with Gasteiger partial charge in [-0.05, 0) is 38.1 Å². The molecule has 1 N–H and O–H groups in total. The van der Waals surface area contributed by atoms with Crippen LogP contribution in [0.1, 0.15) is 25.5 Å². The van der Waals surface area contributed by atoms with E-state index >= 15 is 0 Å². The lowest BCUT2D eigenvalue weighted by molar-refractivity contribution is 0.259. The molecule has 1 aliphatic rings. The highest BCUT2D eigenvalue weighted by Crippen LogP contribution is 2.15. The summed E-state index contributed by atoms with van der Waals surface area (Å²) in [5, 5.41) is 3.45. The van der Waals surface area contributed by atoms with Crippen molar-refractivity contribution in [3.05, 3.63) is 46.5 Å². The first kappa shape index (κ1) is 14.2. The van der Waals surface area contributed by atoms with Crippen molar-refractivity contribution in [3.8, 4) is 0 Å². The van der Waals surface area contributed by atoms with Crippen LogP contribution in [0, 0.1) is 0 Å². The molecule has 1 aliphatic heterocycles. The van der Waals surface area contributed by atoms with E-state index < -0.39 is 0 Å². The second-order valence-electron chi connectivity index (χ2n) is 5.57. The standard InChI is InChI=1S/C16H22N4O/c1-2-19-8-5-6-14(19)12-17-11-13-10-16(21)20-9-4-3-7-15(20)18-13/h3-4,7,9-10,14,17H,2,5-6,8,11-12H2,1H3. The van der Waals surface area contributed by atoms with Gasteiger partial charge in [0.25, 0.3) is 5.56 Å². The maximum Gasteiger partial charge on any atom is 0.258 e. The molecule has 0 bridgehead atoms. The Morgan fingerprint density at radius 1 is 1.43 bits per heavy atom. The number of likely N-dealkylation sites (tertiary alicyclic amines) is 1. The van der Waals surface area contributed by atoms with Gasteiger partial charge in [0, 0.05) is 31.4 Å². The highest BCUT2D eigenvalue weighted by atomic mass is 16.1. The molecule has 21 heavy (non-hydrogen) atoms. The predicted molar refractivity (Wildman–Crippen MR) is 83.4 cm³/mol. The van der Waals surface area contributed by atoms with Crippen LogP contribution >= 0.6 is 0 Å². The Hall–Kier alpha value is -1.72. The summed E-state index contributed by atoms with van der Waals surface area (Å²) < 4.78 is 1.57. The fourth-order valence-corrected chi connectivity index (χ4v) is 3.10. The minimum Gasteiger partial charge on any atom is -0.310 e. The Bertz CT molecular complexity index is 667. The van der Waals surface area contributed by atoms with Gasteiger partial charge in [-0.2, -0.15) is 0 Å². The van der Waals surface area contributed by atoms with Gasteiger partial charge in [-0.1, -0.05) is 13.0 Å². The number of hydrogen-bond acceptors (Lipinski definition) is 4. The Balaban J connectivity index is 1.64. The fourth-order valence-electron chi connectivity index (χ4n) is 3.10. The average molecular weight is 286 g/mol. The molecule has 2 aromatic rings. The smallest absolute Gasteiger partial charge is 0.258 e. The molecule has 1 fully saturated rings. The number of nitrogens with one attached hydrogen (secondary N) is 1. The molecule has 0 saturated carbocycles. The van der Waals surface area contributed by atoms with Gasteiger partial charge in [0.1, 0.15) is 5.65 Å². The van der Waals surface area contributed by atoms with E-state index in [1.165, 1.54) is 19.4 Å². The molecule has 2 aromatic heterocycles. The average Bonchev–Trinajstić information content (AvgIpc) is 2.95. The molecular formula is C16H22N4O. The maximum atomic E-state index is 12.0. The lowest BCUT2D eigenvalue weighted by Gasteiger charge is -2.22. The van der Waals surface area contributed by atoms with Crippen LogP contribution in [0.5, 0.6) is 0 Å². The van der Waals surface area contributed by atoms with Crippen LogP contribution in [0.4, 0.5) is 0 Å². The molecule has 0 radical (unpaired) electrons. The molecule has 5 heteroatoms. The molecule has 0 aromatic carbocycles. The van der Waals surface area contributed by atoms with Gasteiger partial charge in [-0.25, -0.2) is 4.98 Å². The number of hydrogen-bond donors (Lipinski definition) is 1. The number of pyridine rings is 1. The van der Waals surface area contributed by atoms with E-state index in [1.807, 2.05) is 18.2 Å². The van der Waals surface area contributed by atoms with Crippen molar-refractivity contribution in [3.63, 3.8) is 0 Å². The van der Waals surface area contributed by atoms with E-state index in [-0.39, 0.29) is 5.56 Å². The Morgan fingerprint density at radius 3 is 3.19 bits per heavy atom. The second kappa shape index (κ2) is 6.37. The number of nitrogens with zero attached hydrogens (tertiary/aromatic N) is 3. The summed E-state index contributed by atoms with van der Waals surface area (Å²) in [4.78, 5) is 19.0. The Labute approximate surface area is 124 Å². The maximum absolute atomic E-state index is 12.0. The topological polar surface area (TPSA) is 49.6 Å². The van der Waals surface area contributed by atoms with Gasteiger partial charge < -0.3 is 5.32 Å². The molecule has 0 amide bonds. The minimum atomic E-state index is -0.0200. The van der Waals surface area contributed by atoms with Gasteiger partial charge in [0.15, 0.2) is 0 Å². The second-order valence-corrected chi connectivity index (χ2v) is 5.57. The lowest BCUT2D eigenvalue weighted by atomic mass is 10.2. The first-order chi connectivity index (χ1) is 10.3. The van der Waals surface area contributed by atoms with Crippen LogP contribution in [-0.4, -0.2) is 40.0 Å². The molecule has 112 valence electrons. The van der Waals surface area contributed by atoms with Crippen molar-refractivity contribution in [2.75, 3.05) is 19.6 Å². The van der Waals surface area contributed by atoms with Crippen molar-refractivity contribution in [2.24, 2.45) is 0 Å². The van der Waals surface area contributed by atoms with E-state index in [0.717, 1.165) is 18.8 Å². The van der Waals surface area contributed by atoms with Crippen LogP contribution < -0.4 is 10.9 Å². The van der Waals surface area contributed by atoms with E-state index in [4.69, 9.17) is 0 Å². The highest BCUT2D eigenvalue weighted by Gasteiger charge is 2.22. The molecule has 1 unspecified atom stereocenters. The highest BCUT2D eigenvalue weighted by molar-refractivity contribution is 5.37. The van der Waals surface area contributed by atoms with Crippen molar-refractivity contribution >= 4 is 5.65 Å². The number of fused-ring (bicyclic) bond motifs is 1. The van der Waals surface area contributed by atoms with Gasteiger partial charge >= 0.3 is 0 Å². The van der Waals surface area contributed by atoms with E-state index in [9.17, 15) is 4.79 Å². The van der Waals surface area contributed by atoms with Gasteiger partial charge in [0.05, 0.1) is 5.69 Å². The van der Waals surface area contributed by atoms with Crippen LogP contribution in [0.2, 0.25) is 0 Å². The Kier molecular flexibility index (Phi) is 4.31. The van der Waals surface area contributed by atoms with E-state index in [2.05, 4.69) is 22.1 Å². The monoisotopic (exact) mass is 286 g/mol. The van der Waals surface area contributed by atoms with Gasteiger partial charge in [-0.3, -0.25) is 14.1 Å². The summed E-state index contributed by atoms with van der Waals surface area (Å²) in [7, 11) is 0. The quantitative estimate of drug-likeness (QED) is 0.899. The summed E-state index contributed by atoms with van der Waals surface area (Å²) in [6, 6.07) is 7.84. The first-order valence-corrected chi connectivity index (χ1v) is 7.70. The molecule has 5 nitrogen and oxygen atoms in total. The fraction of sp³-hybridized carbons (Fsp3) is 0.500. The number of likely N-dealkylation sites (N-methyl/N-ethyl adjacent to an activating group) is 1. The lowest BCUT2D eigenvalue weighted by Crippen LogP contribution is -2.37. The zero-order valence-electron chi connectivity index (χ0n) is 12.5. The molecule has 1 atom stereocenters. The SMILES string of the molecule is CCN1CCCC1CNCc1cc(=O)n2ccccc2n1. The Morgan fingerprint density at radius 2 is 2.33 bits per heavy atom. The first-order valence-electron chi connectivity index (χ1n) is 7.70. The third-order valence-electron chi connectivity index (χ3n) is 4.22. The molecule has 0 spiro atoms. The van der Waals surface area contributed by atoms with Gasteiger partial charge in [0.2, 0.25) is 0 Å². The zero-order chi connectivity index (χ0) is 14.7. The summed E-state index contributed by atoms with van der Waals surface area (Å²) in [5.41, 5.74) is 1.50. The van der Waals surface area contributed by atoms with Crippen LogP contribution in [0.15, 0.2) is 35.3 Å². The summed E-state index contributed by atoms with van der Waals surface area (Å²) >= 11 is 0. The molecule has 3 heterocycles. The van der Waals surface area contributed by atoms with Crippen molar-refractivity contribution in [1.82, 2.24) is 19.6 Å². The summed E-state index contributed by atoms with van der Waals surface area (Å²) in [6.07, 6.45) is 4.30. The molecule has 3 rings (SSSR count). The minimum absolute atomic E-state index is 0.0200. The van der Waals surface area contributed by atoms with Gasteiger partial charge in [-0.15, -0.1) is 0 Å². The van der Waals surface area contributed by atoms with Crippen molar-refractivity contribution in [1.29, 1.82) is 0 Å². The van der Waals surface area contributed by atoms with Crippen molar-refractivity contribution in [2.45, 2.75) is 32.4 Å². The number of aromatic nitrogens is 2. The van der Waals surface area contributed by atoms with Crippen LogP contribution in [-0.2, 0) is 6.54 Å². The largest absolute Gasteiger partial charge is 0.310 e. The molecular weight excluding hydrogens is 264 g/mol. The predicted octanol–water partition coefficient (Wildman–Crippen LogP) is 1.27. The third-order valence-corrected chi connectivity index (χ3v) is 4.22. The van der Waals surface area contributed by atoms with Crippen molar-refractivity contribution < 1.29 is 0 Å². The summed E-state index contributed by atoms with van der Waals surface area (Å²) in [5.74, 6) is 0. The zero-order valence-corrected chi connectivity index (χ0v) is 12.5. The third kappa shape index (κ3) is 3.14. The molecule has 1 saturated heterocycles.